The van der Waals surface area contributed by atoms with E-state index >= 15 is 0 Å². The van der Waals surface area contributed by atoms with E-state index in [0.717, 1.165) is 22.9 Å². The highest BCUT2D eigenvalue weighted by Gasteiger charge is 2.35. The van der Waals surface area contributed by atoms with Crippen molar-refractivity contribution in [1.82, 2.24) is 4.90 Å². The molecule has 2 amide bonds. The topological polar surface area (TPSA) is 72.9 Å². The molecule has 0 spiro atoms. The number of imide groups is 1. The summed E-state index contributed by atoms with van der Waals surface area (Å²) in [4.78, 5) is 38.0. The van der Waals surface area contributed by atoms with E-state index < -0.39 is 5.97 Å². The van der Waals surface area contributed by atoms with Crippen molar-refractivity contribution in [3.8, 4) is 11.5 Å². The normalized spacial score (nSPS) is 15.1. The van der Waals surface area contributed by atoms with Gasteiger partial charge in [-0.1, -0.05) is 30.3 Å². The van der Waals surface area contributed by atoms with Gasteiger partial charge in [0.25, 0.3) is 11.1 Å². The van der Waals surface area contributed by atoms with Crippen LogP contribution in [0.25, 0.3) is 6.08 Å². The summed E-state index contributed by atoms with van der Waals surface area (Å²) in [6.07, 6.45) is 1.64. The number of amides is 2. The maximum absolute atomic E-state index is 12.8. The average Bonchev–Trinajstić information content (AvgIpc) is 2.93. The van der Waals surface area contributed by atoms with E-state index in [0.29, 0.717) is 28.6 Å². The van der Waals surface area contributed by atoms with Gasteiger partial charge in [0.1, 0.15) is 0 Å². The molecular formula is C22H21NO5S. The van der Waals surface area contributed by atoms with E-state index in [1.807, 2.05) is 38.1 Å². The van der Waals surface area contributed by atoms with Gasteiger partial charge in [0.05, 0.1) is 18.1 Å². The second kappa shape index (κ2) is 8.96. The summed E-state index contributed by atoms with van der Waals surface area (Å²) < 4.78 is 10.7. The Balaban J connectivity index is 1.84. The molecule has 150 valence electrons. The molecule has 2 aromatic rings. The van der Waals surface area contributed by atoms with E-state index in [-0.39, 0.29) is 17.7 Å². The predicted molar refractivity (Wildman–Crippen MR) is 112 cm³/mol. The summed E-state index contributed by atoms with van der Waals surface area (Å²) in [5, 5.41) is -0.300. The predicted octanol–water partition coefficient (Wildman–Crippen LogP) is 4.56. The van der Waals surface area contributed by atoms with Gasteiger partial charge in [0.2, 0.25) is 0 Å². The standard InChI is InChI=1S/C22H21NO5S/c1-4-27-19-11-16(9-10-18(19)28-15(3)24)12-20-21(25)23(22(26)29-20)13-17-8-6-5-7-14(17)2/h5-12H,4,13H2,1-3H3/b20-12-. The molecule has 29 heavy (non-hydrogen) atoms. The highest BCUT2D eigenvalue weighted by atomic mass is 32.2. The number of thioether (sulfide) groups is 1. The number of rotatable bonds is 6. The Hall–Kier alpha value is -3.06. The first-order chi connectivity index (χ1) is 13.9. The Bertz CT molecular complexity index is 998. The van der Waals surface area contributed by atoms with Crippen molar-refractivity contribution in [1.29, 1.82) is 0 Å². The van der Waals surface area contributed by atoms with E-state index in [9.17, 15) is 14.4 Å². The van der Waals surface area contributed by atoms with Crippen molar-refractivity contribution < 1.29 is 23.9 Å². The molecule has 0 aromatic heterocycles. The second-order valence-electron chi connectivity index (χ2n) is 6.43. The largest absolute Gasteiger partial charge is 0.490 e. The van der Waals surface area contributed by atoms with Gasteiger partial charge in [0.15, 0.2) is 11.5 Å². The minimum absolute atomic E-state index is 0.240. The van der Waals surface area contributed by atoms with Crippen LogP contribution in [0.4, 0.5) is 4.79 Å². The number of carbonyl (C=O) groups excluding carboxylic acids is 3. The van der Waals surface area contributed by atoms with Crippen LogP contribution in [0.2, 0.25) is 0 Å². The first-order valence-corrected chi connectivity index (χ1v) is 9.96. The number of hydrogen-bond donors (Lipinski definition) is 0. The lowest BCUT2D eigenvalue weighted by atomic mass is 10.1. The quantitative estimate of drug-likeness (QED) is 0.394. The fourth-order valence-electron chi connectivity index (χ4n) is 2.87. The maximum Gasteiger partial charge on any atom is 0.308 e. The summed E-state index contributed by atoms with van der Waals surface area (Å²) in [5.74, 6) is -0.0685. The van der Waals surface area contributed by atoms with Crippen LogP contribution in [0.3, 0.4) is 0 Å². The number of aryl methyl sites for hydroxylation is 1. The number of nitrogens with zero attached hydrogens (tertiary/aromatic N) is 1. The van der Waals surface area contributed by atoms with Crippen molar-refractivity contribution in [2.45, 2.75) is 27.3 Å². The number of esters is 1. The third-order valence-corrected chi connectivity index (χ3v) is 5.19. The van der Waals surface area contributed by atoms with Crippen molar-refractivity contribution in [2.75, 3.05) is 6.61 Å². The third-order valence-electron chi connectivity index (χ3n) is 4.28. The van der Waals surface area contributed by atoms with Crippen LogP contribution in [0.15, 0.2) is 47.4 Å². The molecule has 1 heterocycles. The van der Waals surface area contributed by atoms with Crippen molar-refractivity contribution in [2.24, 2.45) is 0 Å². The van der Waals surface area contributed by atoms with Crippen LogP contribution in [-0.4, -0.2) is 28.6 Å². The molecule has 0 atom stereocenters. The molecule has 3 rings (SSSR count). The highest BCUT2D eigenvalue weighted by molar-refractivity contribution is 8.18. The lowest BCUT2D eigenvalue weighted by Crippen LogP contribution is -2.27. The molecule has 0 N–H and O–H groups in total. The average molecular weight is 411 g/mol. The second-order valence-corrected chi connectivity index (χ2v) is 7.42. The highest BCUT2D eigenvalue weighted by Crippen LogP contribution is 2.35. The molecule has 0 unspecified atom stereocenters. The molecule has 1 saturated heterocycles. The van der Waals surface area contributed by atoms with E-state index in [1.54, 1.807) is 24.3 Å². The first kappa shape index (κ1) is 20.7. The van der Waals surface area contributed by atoms with Crippen LogP contribution in [0.5, 0.6) is 11.5 Å². The Labute approximate surface area is 173 Å². The van der Waals surface area contributed by atoms with Crippen molar-refractivity contribution in [3.05, 3.63) is 64.1 Å². The first-order valence-electron chi connectivity index (χ1n) is 9.14. The fourth-order valence-corrected chi connectivity index (χ4v) is 3.71. The fraction of sp³-hybridized carbons (Fsp3) is 0.227. The van der Waals surface area contributed by atoms with E-state index in [1.165, 1.54) is 11.8 Å². The van der Waals surface area contributed by atoms with Gasteiger partial charge in [-0.05, 0) is 60.5 Å². The number of benzene rings is 2. The molecule has 0 radical (unpaired) electrons. The zero-order valence-electron chi connectivity index (χ0n) is 16.4. The van der Waals surface area contributed by atoms with Crippen LogP contribution < -0.4 is 9.47 Å². The maximum atomic E-state index is 12.8. The monoisotopic (exact) mass is 411 g/mol. The third kappa shape index (κ3) is 4.86. The Kier molecular flexibility index (Phi) is 6.39. The molecule has 0 aliphatic carbocycles. The lowest BCUT2D eigenvalue weighted by Gasteiger charge is -2.14. The lowest BCUT2D eigenvalue weighted by molar-refractivity contribution is -0.132. The number of hydrogen-bond acceptors (Lipinski definition) is 6. The van der Waals surface area contributed by atoms with E-state index in [4.69, 9.17) is 9.47 Å². The zero-order chi connectivity index (χ0) is 21.0. The molecule has 7 heteroatoms. The summed E-state index contributed by atoms with van der Waals surface area (Å²) in [5.41, 5.74) is 2.63. The summed E-state index contributed by atoms with van der Waals surface area (Å²) in [6.45, 7) is 5.72. The van der Waals surface area contributed by atoms with Gasteiger partial charge < -0.3 is 9.47 Å². The van der Waals surface area contributed by atoms with Crippen LogP contribution in [0, 0.1) is 6.92 Å². The van der Waals surface area contributed by atoms with E-state index in [2.05, 4.69) is 0 Å². The molecule has 1 aliphatic rings. The Morgan fingerprint density at radius 3 is 2.59 bits per heavy atom. The van der Waals surface area contributed by atoms with Gasteiger partial charge in [-0.25, -0.2) is 0 Å². The Morgan fingerprint density at radius 1 is 1.14 bits per heavy atom. The van der Waals surface area contributed by atoms with Gasteiger partial charge in [-0.3, -0.25) is 19.3 Å². The summed E-state index contributed by atoms with van der Waals surface area (Å²) in [6, 6.07) is 12.6. The van der Waals surface area contributed by atoms with Gasteiger partial charge in [0, 0.05) is 6.92 Å². The molecule has 1 aliphatic heterocycles. The van der Waals surface area contributed by atoms with Crippen molar-refractivity contribution in [3.63, 3.8) is 0 Å². The molecule has 0 bridgehead atoms. The van der Waals surface area contributed by atoms with Gasteiger partial charge in [-0.2, -0.15) is 0 Å². The Morgan fingerprint density at radius 2 is 1.90 bits per heavy atom. The molecular weight excluding hydrogens is 390 g/mol. The molecule has 0 saturated carbocycles. The smallest absolute Gasteiger partial charge is 0.308 e. The molecule has 1 fully saturated rings. The molecule has 6 nitrogen and oxygen atoms in total. The zero-order valence-corrected chi connectivity index (χ0v) is 17.2. The van der Waals surface area contributed by atoms with Crippen molar-refractivity contribution >= 4 is 35.0 Å². The SMILES string of the molecule is CCOc1cc(/C=C2\SC(=O)N(Cc3ccccc3C)C2=O)ccc1OC(C)=O. The number of ether oxygens (including phenoxy) is 2. The van der Waals surface area contributed by atoms with Gasteiger partial charge in [-0.15, -0.1) is 0 Å². The van der Waals surface area contributed by atoms with Gasteiger partial charge >= 0.3 is 5.97 Å². The van der Waals surface area contributed by atoms with Crippen LogP contribution in [0.1, 0.15) is 30.5 Å². The number of carbonyl (C=O) groups is 3. The van der Waals surface area contributed by atoms with Crippen LogP contribution >= 0.6 is 11.8 Å². The summed E-state index contributed by atoms with van der Waals surface area (Å²) >= 11 is 0.908. The summed E-state index contributed by atoms with van der Waals surface area (Å²) in [7, 11) is 0. The minimum atomic E-state index is -0.448. The molecule has 2 aromatic carbocycles. The van der Waals surface area contributed by atoms with Crippen LogP contribution in [-0.2, 0) is 16.1 Å². The minimum Gasteiger partial charge on any atom is -0.490 e.